The molecule has 4 rings (SSSR count). The van der Waals surface area contributed by atoms with Crippen LogP contribution in [0, 0.1) is 0 Å². The van der Waals surface area contributed by atoms with E-state index in [0.29, 0.717) is 38.7 Å². The number of hydrogen-bond acceptors (Lipinski definition) is 5. The number of pyridine rings is 1. The molecule has 30 heavy (non-hydrogen) atoms. The van der Waals surface area contributed by atoms with Crippen LogP contribution < -0.4 is 14.2 Å². The number of aromatic nitrogens is 1. The molecular formula is C20H21F3N2O4S. The molecule has 6 nitrogen and oxygen atoms in total. The van der Waals surface area contributed by atoms with Crippen LogP contribution in [0.4, 0.5) is 13.2 Å². The Bertz CT molecular complexity index is 1000. The highest BCUT2D eigenvalue weighted by Crippen LogP contribution is 2.31. The molecule has 0 spiro atoms. The van der Waals surface area contributed by atoms with Crippen molar-refractivity contribution in [3.05, 3.63) is 47.7 Å². The van der Waals surface area contributed by atoms with E-state index in [9.17, 15) is 21.6 Å². The molecule has 0 amide bonds. The lowest BCUT2D eigenvalue weighted by atomic mass is 9.94. The Balaban J connectivity index is 1.31. The standard InChI is InChI=1S/C20H21F3N2O4S/c21-20(22,23)14-1-8-19(24-12-14)29-16-4-2-15(3-5-16)25-30(26,27)17-6-7-18-13(11-17)9-10-28-18/h1,6-8,11-12,15-16,25H,2-5,9-10H2. The first-order valence-electron chi connectivity index (χ1n) is 9.69. The lowest BCUT2D eigenvalue weighted by Gasteiger charge is -2.29. The summed E-state index contributed by atoms with van der Waals surface area (Å²) < 4.78 is 77.0. The smallest absolute Gasteiger partial charge is 0.417 e. The number of nitrogens with zero attached hydrogens (tertiary/aromatic N) is 1. The van der Waals surface area contributed by atoms with Crippen LogP contribution in [-0.2, 0) is 22.6 Å². The van der Waals surface area contributed by atoms with Crippen molar-refractivity contribution in [2.24, 2.45) is 0 Å². The normalized spacial score (nSPS) is 21.7. The molecule has 0 saturated heterocycles. The SMILES string of the molecule is O=S(=O)(NC1CCC(Oc2ccc(C(F)(F)F)cn2)CC1)c1ccc2c(c1)CCO2. The number of fused-ring (bicyclic) bond motifs is 1. The van der Waals surface area contributed by atoms with E-state index >= 15 is 0 Å². The predicted molar refractivity (Wildman–Crippen MR) is 102 cm³/mol. The summed E-state index contributed by atoms with van der Waals surface area (Å²) in [7, 11) is -3.64. The Morgan fingerprint density at radius 2 is 1.87 bits per heavy atom. The zero-order chi connectivity index (χ0) is 21.4. The van der Waals surface area contributed by atoms with Crippen molar-refractivity contribution in [1.82, 2.24) is 9.71 Å². The van der Waals surface area contributed by atoms with Gasteiger partial charge in [0.25, 0.3) is 0 Å². The number of alkyl halides is 3. The Kier molecular flexibility index (Phi) is 5.63. The fourth-order valence-corrected chi connectivity index (χ4v) is 5.06. The second-order valence-electron chi connectivity index (χ2n) is 7.46. The third kappa shape index (κ3) is 4.70. The van der Waals surface area contributed by atoms with Crippen LogP contribution in [0.2, 0.25) is 0 Å². The molecular weight excluding hydrogens is 421 g/mol. The minimum Gasteiger partial charge on any atom is -0.493 e. The molecule has 2 aromatic rings. The maximum absolute atomic E-state index is 12.7. The van der Waals surface area contributed by atoms with E-state index in [1.165, 1.54) is 12.1 Å². The molecule has 1 fully saturated rings. The van der Waals surface area contributed by atoms with Crippen molar-refractivity contribution in [1.29, 1.82) is 0 Å². The fraction of sp³-hybridized carbons (Fsp3) is 0.450. The van der Waals surface area contributed by atoms with Crippen molar-refractivity contribution in [2.45, 2.75) is 55.3 Å². The van der Waals surface area contributed by atoms with Gasteiger partial charge < -0.3 is 9.47 Å². The van der Waals surface area contributed by atoms with E-state index in [4.69, 9.17) is 9.47 Å². The van der Waals surface area contributed by atoms with Crippen molar-refractivity contribution in [2.75, 3.05) is 6.61 Å². The molecule has 1 aromatic heterocycles. The van der Waals surface area contributed by atoms with Crippen molar-refractivity contribution in [3.8, 4) is 11.6 Å². The van der Waals surface area contributed by atoms with Crippen molar-refractivity contribution >= 4 is 10.0 Å². The lowest BCUT2D eigenvalue weighted by molar-refractivity contribution is -0.137. The third-order valence-corrected chi connectivity index (χ3v) is 6.84. The van der Waals surface area contributed by atoms with Crippen LogP contribution in [-0.4, -0.2) is 32.2 Å². The molecule has 2 aliphatic rings. The second-order valence-corrected chi connectivity index (χ2v) is 9.18. The van der Waals surface area contributed by atoms with E-state index in [1.54, 1.807) is 12.1 Å². The Labute approximate surface area is 172 Å². The number of ether oxygens (including phenoxy) is 2. The summed E-state index contributed by atoms with van der Waals surface area (Å²) in [4.78, 5) is 3.94. The maximum Gasteiger partial charge on any atom is 0.417 e. The summed E-state index contributed by atoms with van der Waals surface area (Å²) in [6.45, 7) is 0.560. The molecule has 2 heterocycles. The molecule has 1 N–H and O–H groups in total. The quantitative estimate of drug-likeness (QED) is 0.764. The van der Waals surface area contributed by atoms with Gasteiger partial charge >= 0.3 is 6.18 Å². The largest absolute Gasteiger partial charge is 0.493 e. The minimum absolute atomic E-state index is 0.132. The summed E-state index contributed by atoms with van der Waals surface area (Å²) in [5.74, 6) is 0.857. The highest BCUT2D eigenvalue weighted by molar-refractivity contribution is 7.89. The topological polar surface area (TPSA) is 77.5 Å². The summed E-state index contributed by atoms with van der Waals surface area (Å²) in [5, 5.41) is 0. The average molecular weight is 442 g/mol. The first-order valence-corrected chi connectivity index (χ1v) is 11.2. The van der Waals surface area contributed by atoms with Crippen LogP contribution in [0.3, 0.4) is 0 Å². The Morgan fingerprint density at radius 1 is 1.10 bits per heavy atom. The first-order chi connectivity index (χ1) is 14.2. The predicted octanol–water partition coefficient (Wildman–Crippen LogP) is 3.70. The minimum atomic E-state index is -4.44. The van der Waals surface area contributed by atoms with E-state index in [1.807, 2.05) is 0 Å². The highest BCUT2D eigenvalue weighted by Gasteiger charge is 2.31. The first kappa shape index (κ1) is 20.9. The van der Waals surface area contributed by atoms with Gasteiger partial charge in [-0.2, -0.15) is 13.2 Å². The van der Waals surface area contributed by atoms with E-state index < -0.39 is 21.8 Å². The zero-order valence-electron chi connectivity index (χ0n) is 16.0. The van der Waals surface area contributed by atoms with Gasteiger partial charge in [-0.3, -0.25) is 0 Å². The van der Waals surface area contributed by atoms with Gasteiger partial charge in [-0.05, 0) is 55.5 Å². The van der Waals surface area contributed by atoms with Gasteiger partial charge in [-0.1, -0.05) is 0 Å². The van der Waals surface area contributed by atoms with Crippen LogP contribution in [0.25, 0.3) is 0 Å². The molecule has 162 valence electrons. The zero-order valence-corrected chi connectivity index (χ0v) is 16.8. The summed E-state index contributed by atoms with van der Waals surface area (Å²) >= 11 is 0. The van der Waals surface area contributed by atoms with Gasteiger partial charge in [0.15, 0.2) is 0 Å². The maximum atomic E-state index is 12.7. The van der Waals surface area contributed by atoms with E-state index in [2.05, 4.69) is 9.71 Å². The van der Waals surface area contributed by atoms with Gasteiger partial charge in [-0.15, -0.1) is 0 Å². The van der Waals surface area contributed by atoms with Crippen molar-refractivity contribution in [3.63, 3.8) is 0 Å². The third-order valence-electron chi connectivity index (χ3n) is 5.32. The summed E-state index contributed by atoms with van der Waals surface area (Å²) in [5.41, 5.74) is 0.0603. The van der Waals surface area contributed by atoms with E-state index in [0.717, 1.165) is 23.6 Å². The van der Waals surface area contributed by atoms with E-state index in [-0.39, 0.29) is 22.9 Å². The Morgan fingerprint density at radius 3 is 2.53 bits per heavy atom. The molecule has 0 atom stereocenters. The monoisotopic (exact) mass is 442 g/mol. The van der Waals surface area contributed by atoms with Gasteiger partial charge in [0.05, 0.1) is 17.1 Å². The molecule has 10 heteroatoms. The lowest BCUT2D eigenvalue weighted by Crippen LogP contribution is -2.39. The number of nitrogens with one attached hydrogen (secondary N) is 1. The number of benzene rings is 1. The van der Waals surface area contributed by atoms with Crippen LogP contribution in [0.15, 0.2) is 41.4 Å². The van der Waals surface area contributed by atoms with Gasteiger partial charge in [0, 0.05) is 24.7 Å². The molecule has 0 unspecified atom stereocenters. The van der Waals surface area contributed by atoms with Crippen molar-refractivity contribution < 1.29 is 31.1 Å². The van der Waals surface area contributed by atoms with Crippen LogP contribution >= 0.6 is 0 Å². The number of hydrogen-bond donors (Lipinski definition) is 1. The van der Waals surface area contributed by atoms with Gasteiger partial charge in [0.1, 0.15) is 11.9 Å². The number of halogens is 3. The molecule has 1 aliphatic carbocycles. The molecule has 0 radical (unpaired) electrons. The molecule has 0 bridgehead atoms. The van der Waals surface area contributed by atoms with Crippen LogP contribution in [0.5, 0.6) is 11.6 Å². The molecule has 1 saturated carbocycles. The average Bonchev–Trinajstić information content (AvgIpc) is 3.17. The fourth-order valence-electron chi connectivity index (χ4n) is 3.70. The van der Waals surface area contributed by atoms with Crippen LogP contribution in [0.1, 0.15) is 36.8 Å². The Hall–Kier alpha value is -2.33. The van der Waals surface area contributed by atoms with Gasteiger partial charge in [-0.25, -0.2) is 18.1 Å². The summed E-state index contributed by atoms with van der Waals surface area (Å²) in [6.07, 6.45) is -0.922. The number of sulfonamides is 1. The highest BCUT2D eigenvalue weighted by atomic mass is 32.2. The number of rotatable bonds is 5. The summed E-state index contributed by atoms with van der Waals surface area (Å²) in [6, 6.07) is 6.78. The molecule has 1 aromatic carbocycles. The van der Waals surface area contributed by atoms with Gasteiger partial charge in [0.2, 0.25) is 15.9 Å². The molecule has 1 aliphatic heterocycles. The second kappa shape index (κ2) is 8.07.